The topological polar surface area (TPSA) is 116 Å². The molecule has 4 heterocycles. The van der Waals surface area contributed by atoms with Crippen LogP contribution in [0.3, 0.4) is 0 Å². The third-order valence-electron chi connectivity index (χ3n) is 6.40. The van der Waals surface area contributed by atoms with E-state index < -0.39 is 0 Å². The van der Waals surface area contributed by atoms with E-state index in [1.165, 1.54) is 11.3 Å². The number of anilines is 2. The number of primary amides is 1. The molecule has 3 aromatic heterocycles. The number of nitriles is 1. The number of aromatic nitrogens is 4. The molecule has 2 N–H and O–H groups in total. The summed E-state index contributed by atoms with van der Waals surface area (Å²) >= 11 is 2.97. The zero-order valence-corrected chi connectivity index (χ0v) is 21.5. The molecular weight excluding hydrogens is 480 g/mol. The molecule has 5 rings (SSSR count). The fraction of sp³-hybridized carbons (Fsp3) is 0.375. The first kappa shape index (κ1) is 23.3. The molecule has 35 heavy (non-hydrogen) atoms. The third-order valence-corrected chi connectivity index (χ3v) is 8.51. The Kier molecular flexibility index (Phi) is 6.17. The lowest BCUT2D eigenvalue weighted by atomic mass is 9.98. The van der Waals surface area contributed by atoms with E-state index >= 15 is 0 Å². The van der Waals surface area contributed by atoms with Gasteiger partial charge < -0.3 is 15.5 Å². The van der Waals surface area contributed by atoms with Crippen molar-refractivity contribution in [1.29, 1.82) is 5.26 Å². The molecule has 0 bridgehead atoms. The van der Waals surface area contributed by atoms with E-state index in [-0.39, 0.29) is 11.9 Å². The number of hydrogen-bond acceptors (Lipinski definition) is 8. The van der Waals surface area contributed by atoms with Gasteiger partial charge in [-0.1, -0.05) is 59.4 Å². The minimum absolute atomic E-state index is 0.277. The fourth-order valence-corrected chi connectivity index (χ4v) is 6.33. The van der Waals surface area contributed by atoms with Gasteiger partial charge in [0.05, 0.1) is 5.69 Å². The number of amides is 2. The molecule has 1 aliphatic heterocycles. The highest BCUT2D eigenvalue weighted by molar-refractivity contribution is 7.17. The number of carbonyl (C=O) groups is 1. The molecule has 0 aliphatic carbocycles. The number of aryl methyl sites for hydroxylation is 2. The van der Waals surface area contributed by atoms with Crippen molar-refractivity contribution in [2.24, 2.45) is 5.73 Å². The van der Waals surface area contributed by atoms with Crippen LogP contribution in [-0.2, 0) is 6.42 Å². The maximum Gasteiger partial charge on any atom is 0.314 e. The van der Waals surface area contributed by atoms with Crippen LogP contribution in [0, 0.1) is 18.3 Å². The number of thiazole rings is 1. The summed E-state index contributed by atoms with van der Waals surface area (Å²) in [4.78, 5) is 26.3. The molecule has 0 spiro atoms. The molecule has 0 saturated carbocycles. The van der Waals surface area contributed by atoms with Gasteiger partial charge >= 0.3 is 6.03 Å². The molecule has 11 heteroatoms. The number of piperidine rings is 1. The second-order valence-corrected chi connectivity index (χ2v) is 10.6. The quantitative estimate of drug-likeness (QED) is 0.420. The largest absolute Gasteiger partial charge is 0.351 e. The summed E-state index contributed by atoms with van der Waals surface area (Å²) in [5.74, 6) is 1.15. The Balaban J connectivity index is 1.49. The van der Waals surface area contributed by atoms with Crippen LogP contribution in [0.5, 0.6) is 0 Å². The van der Waals surface area contributed by atoms with Gasteiger partial charge in [0.2, 0.25) is 4.96 Å². The number of fused-ring (bicyclic) bond motifs is 1. The van der Waals surface area contributed by atoms with Crippen LogP contribution < -0.4 is 10.6 Å². The van der Waals surface area contributed by atoms with Crippen molar-refractivity contribution in [2.75, 3.05) is 25.0 Å². The summed E-state index contributed by atoms with van der Waals surface area (Å²) in [6, 6.07) is 10.0. The summed E-state index contributed by atoms with van der Waals surface area (Å²) in [5.41, 5.74) is 9.15. The van der Waals surface area contributed by atoms with Gasteiger partial charge in [-0.2, -0.15) is 14.9 Å². The van der Waals surface area contributed by atoms with Gasteiger partial charge in [-0.25, -0.2) is 14.8 Å². The number of imidazole rings is 1. The van der Waals surface area contributed by atoms with Crippen LogP contribution in [-0.4, -0.2) is 50.7 Å². The zero-order chi connectivity index (χ0) is 24.7. The van der Waals surface area contributed by atoms with Gasteiger partial charge in [-0.15, -0.1) is 0 Å². The van der Waals surface area contributed by atoms with E-state index in [1.807, 2.05) is 47.7 Å². The van der Waals surface area contributed by atoms with E-state index in [9.17, 15) is 10.1 Å². The van der Waals surface area contributed by atoms with Crippen LogP contribution in [0.15, 0.2) is 24.3 Å². The predicted octanol–water partition coefficient (Wildman–Crippen LogP) is 4.68. The number of nitrogens with two attached hydrogens (primary N) is 1. The number of benzene rings is 1. The lowest BCUT2D eigenvalue weighted by Gasteiger charge is -2.29. The Morgan fingerprint density at radius 3 is 2.57 bits per heavy atom. The van der Waals surface area contributed by atoms with Crippen molar-refractivity contribution in [2.45, 2.75) is 39.0 Å². The molecule has 0 atom stereocenters. The first-order valence-corrected chi connectivity index (χ1v) is 13.2. The minimum Gasteiger partial charge on any atom is -0.351 e. The van der Waals surface area contributed by atoms with Crippen molar-refractivity contribution in [3.63, 3.8) is 0 Å². The van der Waals surface area contributed by atoms with Crippen molar-refractivity contribution in [1.82, 2.24) is 24.5 Å². The summed E-state index contributed by atoms with van der Waals surface area (Å²) < 4.78 is 1.90. The second-order valence-electron chi connectivity index (χ2n) is 8.68. The van der Waals surface area contributed by atoms with E-state index in [2.05, 4.69) is 13.0 Å². The molecule has 0 unspecified atom stereocenters. The SMILES string of the molecule is CCc1nc2sc(C3CCN(C(N)=O)CC3)nn2c1N(C)c1nc(-c2ccc(C)cc2)c(C#N)s1. The first-order valence-electron chi connectivity index (χ1n) is 11.5. The Hall–Kier alpha value is -3.49. The number of rotatable bonds is 5. The number of urea groups is 1. The van der Waals surface area contributed by atoms with Crippen molar-refractivity contribution in [3.05, 3.63) is 45.4 Å². The monoisotopic (exact) mass is 506 g/mol. The second kappa shape index (κ2) is 9.28. The third kappa shape index (κ3) is 4.24. The number of hydrogen-bond donors (Lipinski definition) is 1. The normalized spacial score (nSPS) is 14.4. The first-order chi connectivity index (χ1) is 16.9. The summed E-state index contributed by atoms with van der Waals surface area (Å²) in [6.45, 7) is 5.40. The van der Waals surface area contributed by atoms with Gasteiger partial charge in [0.15, 0.2) is 10.9 Å². The maximum absolute atomic E-state index is 11.5. The van der Waals surface area contributed by atoms with Crippen LogP contribution in [0.2, 0.25) is 0 Å². The van der Waals surface area contributed by atoms with Crippen LogP contribution in [0.25, 0.3) is 16.2 Å². The molecule has 180 valence electrons. The standard InChI is InChI=1S/C24H26N8OS2/c1-4-17-21(30(3)23-28-19(18(13-25)34-23)15-7-5-14(2)6-8-15)32-24(27-17)35-20(29-32)16-9-11-31(12-10-16)22(26)33/h5-8,16H,4,9-12H2,1-3H3,(H2,26,33). The number of likely N-dealkylation sites (tertiary alicyclic amines) is 1. The highest BCUT2D eigenvalue weighted by Gasteiger charge is 2.28. The molecule has 4 aromatic rings. The van der Waals surface area contributed by atoms with E-state index in [0.29, 0.717) is 23.7 Å². The molecular formula is C24H26N8OS2. The summed E-state index contributed by atoms with van der Waals surface area (Å²) in [7, 11) is 1.95. The summed E-state index contributed by atoms with van der Waals surface area (Å²) in [5, 5.41) is 16.5. The number of nitrogens with zero attached hydrogens (tertiary/aromatic N) is 7. The van der Waals surface area contributed by atoms with E-state index in [1.54, 1.807) is 16.2 Å². The lowest BCUT2D eigenvalue weighted by Crippen LogP contribution is -2.41. The minimum atomic E-state index is -0.362. The molecule has 2 amide bonds. The van der Waals surface area contributed by atoms with Crippen LogP contribution in [0.4, 0.5) is 15.7 Å². The average Bonchev–Trinajstić information content (AvgIpc) is 3.56. The van der Waals surface area contributed by atoms with Crippen LogP contribution in [0.1, 0.15) is 46.8 Å². The maximum atomic E-state index is 11.5. The molecule has 1 aromatic carbocycles. The van der Waals surface area contributed by atoms with Gasteiger partial charge in [0.1, 0.15) is 21.6 Å². The molecule has 1 fully saturated rings. The Morgan fingerprint density at radius 2 is 1.94 bits per heavy atom. The molecule has 0 radical (unpaired) electrons. The van der Waals surface area contributed by atoms with Gasteiger partial charge in [0, 0.05) is 31.6 Å². The summed E-state index contributed by atoms with van der Waals surface area (Å²) in [6.07, 6.45) is 2.43. The van der Waals surface area contributed by atoms with E-state index in [4.69, 9.17) is 20.8 Å². The van der Waals surface area contributed by atoms with Crippen LogP contribution >= 0.6 is 22.7 Å². The number of carbonyl (C=O) groups excluding carboxylic acids is 1. The van der Waals surface area contributed by atoms with Gasteiger partial charge in [-0.05, 0) is 26.2 Å². The molecule has 1 aliphatic rings. The van der Waals surface area contributed by atoms with Crippen molar-refractivity contribution >= 4 is 44.6 Å². The zero-order valence-electron chi connectivity index (χ0n) is 19.9. The predicted molar refractivity (Wildman–Crippen MR) is 138 cm³/mol. The fourth-order valence-electron chi connectivity index (χ4n) is 4.40. The van der Waals surface area contributed by atoms with E-state index in [0.717, 1.165) is 57.0 Å². The lowest BCUT2D eigenvalue weighted by molar-refractivity contribution is 0.190. The Morgan fingerprint density at radius 1 is 1.23 bits per heavy atom. The highest BCUT2D eigenvalue weighted by Crippen LogP contribution is 2.38. The molecule has 1 saturated heterocycles. The molecule has 9 nitrogen and oxygen atoms in total. The van der Waals surface area contributed by atoms with Gasteiger partial charge in [-0.3, -0.25) is 0 Å². The average molecular weight is 507 g/mol. The Bertz CT molecular complexity index is 1420. The Labute approximate surface area is 211 Å². The smallest absolute Gasteiger partial charge is 0.314 e. The van der Waals surface area contributed by atoms with Gasteiger partial charge in [0.25, 0.3) is 0 Å². The van der Waals surface area contributed by atoms with Crippen molar-refractivity contribution in [3.8, 4) is 17.3 Å². The highest BCUT2D eigenvalue weighted by atomic mass is 32.1. The van der Waals surface area contributed by atoms with Crippen molar-refractivity contribution < 1.29 is 4.79 Å².